The number of carbonyl (C=O) groups is 1. The summed E-state index contributed by atoms with van der Waals surface area (Å²) >= 11 is 0. The summed E-state index contributed by atoms with van der Waals surface area (Å²) < 4.78 is 0. The molecule has 25 heavy (non-hydrogen) atoms. The minimum Gasteiger partial charge on any atom is -0.478 e. The van der Waals surface area contributed by atoms with Crippen LogP contribution in [0.25, 0.3) is 6.08 Å². The van der Waals surface area contributed by atoms with Crippen LogP contribution in [0.15, 0.2) is 54.6 Å². The van der Waals surface area contributed by atoms with Crippen LogP contribution >= 0.6 is 0 Å². The van der Waals surface area contributed by atoms with E-state index in [1.54, 1.807) is 6.08 Å². The van der Waals surface area contributed by atoms with Gasteiger partial charge in [-0.15, -0.1) is 0 Å². The summed E-state index contributed by atoms with van der Waals surface area (Å²) in [5.41, 5.74) is 1.21. The molecule has 2 aromatic carbocycles. The molecule has 0 amide bonds. The first-order valence-electron chi connectivity index (χ1n) is 7.23. The third kappa shape index (κ3) is 6.61. The Morgan fingerprint density at radius 2 is 1.48 bits per heavy atom. The van der Waals surface area contributed by atoms with Crippen LogP contribution in [0.2, 0.25) is 0 Å². The van der Waals surface area contributed by atoms with Gasteiger partial charge in [0.15, 0.2) is 0 Å². The number of nitro benzene ring substituents is 2. The maximum Gasteiger partial charge on any atom is 0.346 e. The van der Waals surface area contributed by atoms with E-state index in [1.807, 2.05) is 24.3 Å². The monoisotopic (exact) mass is 344 g/mol. The molecule has 0 aliphatic carbocycles. The Hall–Kier alpha value is -3.55. The van der Waals surface area contributed by atoms with E-state index in [2.05, 4.69) is 6.92 Å². The normalized spacial score (nSPS) is 9.96. The van der Waals surface area contributed by atoms with Crippen molar-refractivity contribution < 1.29 is 19.7 Å². The molecule has 0 heterocycles. The molecule has 0 aliphatic rings. The highest BCUT2D eigenvalue weighted by molar-refractivity contribution is 5.85. The molecular formula is C17H16N2O6. The zero-order valence-electron chi connectivity index (χ0n) is 13.4. The Kier molecular flexibility index (Phi) is 7.45. The van der Waals surface area contributed by atoms with Crippen molar-refractivity contribution in [1.82, 2.24) is 0 Å². The van der Waals surface area contributed by atoms with Crippen molar-refractivity contribution in [1.29, 1.82) is 0 Å². The first-order chi connectivity index (χ1) is 11.8. The Balaban J connectivity index is 0.000000251. The molecule has 8 heteroatoms. The molecule has 8 nitrogen and oxygen atoms in total. The largest absolute Gasteiger partial charge is 0.478 e. The molecule has 1 N–H and O–H groups in total. The van der Waals surface area contributed by atoms with Crippen molar-refractivity contribution in [2.45, 2.75) is 13.3 Å². The van der Waals surface area contributed by atoms with E-state index in [0.29, 0.717) is 0 Å². The van der Waals surface area contributed by atoms with Gasteiger partial charge in [0.25, 0.3) is 0 Å². The van der Waals surface area contributed by atoms with Gasteiger partial charge in [-0.1, -0.05) is 43.3 Å². The van der Waals surface area contributed by atoms with Gasteiger partial charge >= 0.3 is 17.3 Å². The lowest BCUT2D eigenvalue weighted by Crippen LogP contribution is -1.95. The highest BCUT2D eigenvalue weighted by Gasteiger charge is 2.21. The van der Waals surface area contributed by atoms with E-state index >= 15 is 0 Å². The number of nitro groups is 2. The number of benzene rings is 2. The topological polar surface area (TPSA) is 124 Å². The zero-order chi connectivity index (χ0) is 18.8. The summed E-state index contributed by atoms with van der Waals surface area (Å²) in [6.07, 6.45) is 3.73. The van der Waals surface area contributed by atoms with Gasteiger partial charge in [0.1, 0.15) is 0 Å². The highest BCUT2D eigenvalue weighted by atomic mass is 16.6. The fourth-order valence-corrected chi connectivity index (χ4v) is 1.80. The quantitative estimate of drug-likeness (QED) is 0.499. The van der Waals surface area contributed by atoms with Crippen molar-refractivity contribution in [2.24, 2.45) is 0 Å². The maximum atomic E-state index is 10.2. The van der Waals surface area contributed by atoms with Crippen LogP contribution in [0.5, 0.6) is 0 Å². The first-order valence-corrected chi connectivity index (χ1v) is 7.23. The number of rotatable bonds is 5. The minimum atomic E-state index is -0.917. The lowest BCUT2D eigenvalue weighted by molar-refractivity contribution is -0.422. The summed E-state index contributed by atoms with van der Waals surface area (Å²) in [5, 5.41) is 28.8. The first kappa shape index (κ1) is 19.5. The molecule has 130 valence electrons. The summed E-state index contributed by atoms with van der Waals surface area (Å²) in [6.45, 7) is 2.09. The van der Waals surface area contributed by atoms with Gasteiger partial charge in [-0.3, -0.25) is 20.2 Å². The zero-order valence-corrected chi connectivity index (χ0v) is 13.4. The van der Waals surface area contributed by atoms with E-state index < -0.39 is 27.2 Å². The molecule has 0 atom stereocenters. The molecule has 2 rings (SSSR count). The van der Waals surface area contributed by atoms with E-state index in [4.69, 9.17) is 5.11 Å². The molecule has 0 spiro atoms. The van der Waals surface area contributed by atoms with Gasteiger partial charge in [-0.2, -0.15) is 0 Å². The van der Waals surface area contributed by atoms with Crippen LogP contribution < -0.4 is 0 Å². The van der Waals surface area contributed by atoms with E-state index in [-0.39, 0.29) is 0 Å². The summed E-state index contributed by atoms with van der Waals surface area (Å²) in [5.74, 6) is -0.917. The fourth-order valence-electron chi connectivity index (χ4n) is 1.80. The predicted molar refractivity (Wildman–Crippen MR) is 92.2 cm³/mol. The van der Waals surface area contributed by atoms with Crippen molar-refractivity contribution in [3.8, 4) is 0 Å². The maximum absolute atomic E-state index is 10.2. The van der Waals surface area contributed by atoms with Gasteiger partial charge in [0, 0.05) is 18.2 Å². The molecular weight excluding hydrogens is 328 g/mol. The number of hydrogen-bond donors (Lipinski definition) is 1. The van der Waals surface area contributed by atoms with Crippen molar-refractivity contribution in [2.75, 3.05) is 0 Å². The average molecular weight is 344 g/mol. The van der Waals surface area contributed by atoms with Crippen LogP contribution in [0.3, 0.4) is 0 Å². The van der Waals surface area contributed by atoms with Crippen LogP contribution in [0.1, 0.15) is 18.1 Å². The van der Waals surface area contributed by atoms with Gasteiger partial charge in [-0.05, 0) is 23.6 Å². The lowest BCUT2D eigenvalue weighted by Gasteiger charge is -1.96. The number of carboxylic acids is 1. The summed E-state index contributed by atoms with van der Waals surface area (Å²) in [4.78, 5) is 29.1. The second-order valence-electron chi connectivity index (χ2n) is 4.77. The van der Waals surface area contributed by atoms with Crippen LogP contribution in [0.4, 0.5) is 11.4 Å². The molecule has 0 radical (unpaired) electrons. The van der Waals surface area contributed by atoms with Crippen LogP contribution in [-0.4, -0.2) is 20.9 Å². The molecule has 0 aromatic heterocycles. The Labute approximate surface area is 143 Å². The third-order valence-electron chi connectivity index (χ3n) is 3.08. The summed E-state index contributed by atoms with van der Waals surface area (Å²) in [6, 6.07) is 12.8. The van der Waals surface area contributed by atoms with Gasteiger partial charge in [0.2, 0.25) is 0 Å². The number of hydrogen-bond acceptors (Lipinski definition) is 5. The van der Waals surface area contributed by atoms with Gasteiger partial charge in [0.05, 0.1) is 9.85 Å². The number of aryl methyl sites for hydroxylation is 1. The van der Waals surface area contributed by atoms with Gasteiger partial charge in [-0.25, -0.2) is 4.79 Å². The number of carboxylic acid groups (broad SMARTS) is 1. The molecule has 0 unspecified atom stereocenters. The number of aliphatic carboxylic acids is 1. The highest BCUT2D eigenvalue weighted by Crippen LogP contribution is 2.24. The molecule has 0 saturated heterocycles. The minimum absolute atomic E-state index is 0.484. The van der Waals surface area contributed by atoms with Crippen LogP contribution in [-0.2, 0) is 11.2 Å². The fraction of sp³-hybridized carbons (Fsp3) is 0.118. The molecule has 0 aliphatic heterocycles. The van der Waals surface area contributed by atoms with Gasteiger partial charge < -0.3 is 5.11 Å². The number of para-hydroxylation sites is 2. The second-order valence-corrected chi connectivity index (χ2v) is 4.77. The third-order valence-corrected chi connectivity index (χ3v) is 3.08. The molecule has 0 fully saturated rings. The van der Waals surface area contributed by atoms with E-state index in [9.17, 15) is 25.0 Å². The van der Waals surface area contributed by atoms with Crippen molar-refractivity contribution >= 4 is 23.4 Å². The standard InChI is InChI=1S/C11H12O2.C6H4N2O4/c1-2-9-3-5-10(6-4-9)7-8-11(12)13;9-7(10)5-3-1-2-4-6(5)8(11)12/h3-8H,2H2,1H3,(H,12,13);1-4H. The van der Waals surface area contributed by atoms with Crippen molar-refractivity contribution in [3.05, 3.63) is 86.0 Å². The molecule has 0 saturated carbocycles. The van der Waals surface area contributed by atoms with Crippen LogP contribution in [0, 0.1) is 20.2 Å². The average Bonchev–Trinajstić information content (AvgIpc) is 2.60. The molecule has 2 aromatic rings. The van der Waals surface area contributed by atoms with E-state index in [0.717, 1.165) is 30.2 Å². The summed E-state index contributed by atoms with van der Waals surface area (Å²) in [7, 11) is 0. The second kappa shape index (κ2) is 9.56. The predicted octanol–water partition coefficient (Wildman–Crippen LogP) is 3.85. The smallest absolute Gasteiger partial charge is 0.346 e. The Bertz CT molecular complexity index is 751. The lowest BCUT2D eigenvalue weighted by atomic mass is 10.1. The molecule has 0 bridgehead atoms. The SMILES string of the molecule is CCc1ccc(C=CC(=O)O)cc1.O=[N+]([O-])c1ccccc1[N+](=O)[O-]. The number of nitrogens with zero attached hydrogens (tertiary/aromatic N) is 2. The Morgan fingerprint density at radius 3 is 1.84 bits per heavy atom. The van der Waals surface area contributed by atoms with E-state index in [1.165, 1.54) is 17.7 Å². The Morgan fingerprint density at radius 1 is 1.00 bits per heavy atom. The van der Waals surface area contributed by atoms with Crippen molar-refractivity contribution in [3.63, 3.8) is 0 Å².